The van der Waals surface area contributed by atoms with Gasteiger partial charge in [0.1, 0.15) is 0 Å². The summed E-state index contributed by atoms with van der Waals surface area (Å²) in [6.07, 6.45) is 1.04. The van der Waals surface area contributed by atoms with Crippen molar-refractivity contribution in [2.75, 3.05) is 46.0 Å². The molecule has 2 rings (SSSR count). The van der Waals surface area contributed by atoms with Gasteiger partial charge in [-0.05, 0) is 30.4 Å². The smallest absolute Gasteiger partial charge is 0.191 e. The van der Waals surface area contributed by atoms with E-state index < -0.39 is 0 Å². The second-order valence-corrected chi connectivity index (χ2v) is 7.86. The Hall–Kier alpha value is -1.63. The average molecular weight is 405 g/mol. The van der Waals surface area contributed by atoms with E-state index in [1.54, 1.807) is 0 Å². The van der Waals surface area contributed by atoms with Gasteiger partial charge >= 0.3 is 0 Å². The van der Waals surface area contributed by atoms with Gasteiger partial charge in [0.2, 0.25) is 0 Å². The van der Waals surface area contributed by atoms with Crippen LogP contribution in [0.15, 0.2) is 29.3 Å². The molecule has 2 N–H and O–H groups in total. The van der Waals surface area contributed by atoms with Crippen molar-refractivity contribution < 1.29 is 9.47 Å². The third kappa shape index (κ3) is 8.33. The van der Waals surface area contributed by atoms with E-state index in [-0.39, 0.29) is 0 Å². The van der Waals surface area contributed by atoms with Crippen molar-refractivity contribution in [1.29, 1.82) is 0 Å². The molecule has 0 aliphatic carbocycles. The van der Waals surface area contributed by atoms with Crippen molar-refractivity contribution in [2.24, 2.45) is 10.9 Å². The molecule has 0 bridgehead atoms. The fraction of sp³-hybridized carbons (Fsp3) is 0.696. The first-order valence-electron chi connectivity index (χ1n) is 11.1. The van der Waals surface area contributed by atoms with Crippen LogP contribution in [-0.2, 0) is 22.6 Å². The molecule has 1 heterocycles. The number of nitrogens with one attached hydrogen (secondary N) is 2. The van der Waals surface area contributed by atoms with E-state index in [0.29, 0.717) is 25.1 Å². The summed E-state index contributed by atoms with van der Waals surface area (Å²) >= 11 is 0. The van der Waals surface area contributed by atoms with Gasteiger partial charge in [0.05, 0.1) is 26.4 Å². The highest BCUT2D eigenvalue weighted by Crippen LogP contribution is 2.13. The Labute approximate surface area is 177 Å². The number of nitrogens with zero attached hydrogens (tertiary/aromatic N) is 2. The summed E-state index contributed by atoms with van der Waals surface area (Å²) in [5.41, 5.74) is 2.43. The first-order chi connectivity index (χ1) is 14.2. The number of hydrogen-bond acceptors (Lipinski definition) is 4. The van der Waals surface area contributed by atoms with Crippen LogP contribution in [0.2, 0.25) is 0 Å². The molecule has 1 aromatic carbocycles. The molecule has 1 saturated heterocycles. The highest BCUT2D eigenvalue weighted by molar-refractivity contribution is 5.79. The molecule has 6 heteroatoms. The van der Waals surface area contributed by atoms with Crippen LogP contribution >= 0.6 is 0 Å². The fourth-order valence-electron chi connectivity index (χ4n) is 3.58. The SMILES string of the molecule is CCCOCc1ccccc1CN=C(NCC)NCC(C(C)C)N1CCOCC1. The zero-order valence-corrected chi connectivity index (χ0v) is 18.7. The first-order valence-corrected chi connectivity index (χ1v) is 11.1. The van der Waals surface area contributed by atoms with Gasteiger partial charge in [-0.1, -0.05) is 45.0 Å². The van der Waals surface area contributed by atoms with Crippen LogP contribution in [-0.4, -0.2) is 62.9 Å². The summed E-state index contributed by atoms with van der Waals surface area (Å²) in [5.74, 6) is 1.44. The largest absolute Gasteiger partial charge is 0.379 e. The average Bonchev–Trinajstić information content (AvgIpc) is 2.73. The molecule has 0 spiro atoms. The molecule has 0 saturated carbocycles. The molecule has 0 amide bonds. The fourth-order valence-corrected chi connectivity index (χ4v) is 3.58. The van der Waals surface area contributed by atoms with Gasteiger partial charge in [0.25, 0.3) is 0 Å². The summed E-state index contributed by atoms with van der Waals surface area (Å²) < 4.78 is 11.3. The number of morpholine rings is 1. The van der Waals surface area contributed by atoms with Crippen molar-refractivity contribution in [3.05, 3.63) is 35.4 Å². The van der Waals surface area contributed by atoms with Crippen molar-refractivity contribution in [3.63, 3.8) is 0 Å². The normalized spacial score (nSPS) is 16.8. The lowest BCUT2D eigenvalue weighted by Crippen LogP contribution is -2.52. The summed E-state index contributed by atoms with van der Waals surface area (Å²) in [6, 6.07) is 8.88. The third-order valence-corrected chi connectivity index (χ3v) is 5.24. The van der Waals surface area contributed by atoms with Gasteiger partial charge < -0.3 is 20.1 Å². The number of rotatable bonds is 11. The minimum absolute atomic E-state index is 0.470. The molecule has 0 radical (unpaired) electrons. The van der Waals surface area contributed by atoms with Gasteiger partial charge in [-0.2, -0.15) is 0 Å². The van der Waals surface area contributed by atoms with Crippen LogP contribution in [0.4, 0.5) is 0 Å². The molecule has 6 nitrogen and oxygen atoms in total. The molecule has 29 heavy (non-hydrogen) atoms. The van der Waals surface area contributed by atoms with Crippen molar-refractivity contribution >= 4 is 5.96 Å². The van der Waals surface area contributed by atoms with E-state index in [0.717, 1.165) is 58.4 Å². The number of hydrogen-bond donors (Lipinski definition) is 2. The standard InChI is InChI=1S/C23H40N4O2/c1-5-13-29-18-21-10-8-7-9-20(21)16-25-23(24-6-2)26-17-22(19(3)4)27-11-14-28-15-12-27/h7-10,19,22H,5-6,11-18H2,1-4H3,(H2,24,25,26). The van der Waals surface area contributed by atoms with Gasteiger partial charge in [0, 0.05) is 38.8 Å². The van der Waals surface area contributed by atoms with Crippen molar-refractivity contribution in [3.8, 4) is 0 Å². The van der Waals surface area contributed by atoms with E-state index in [1.807, 2.05) is 0 Å². The Morgan fingerprint density at radius 1 is 1.14 bits per heavy atom. The Morgan fingerprint density at radius 3 is 2.52 bits per heavy atom. The highest BCUT2D eigenvalue weighted by atomic mass is 16.5. The van der Waals surface area contributed by atoms with E-state index in [1.165, 1.54) is 11.1 Å². The van der Waals surface area contributed by atoms with Crippen LogP contribution in [0.1, 0.15) is 45.2 Å². The lowest BCUT2D eigenvalue weighted by molar-refractivity contribution is 0.00752. The van der Waals surface area contributed by atoms with E-state index in [2.05, 4.69) is 67.5 Å². The molecule has 1 unspecified atom stereocenters. The molecule has 1 aliphatic rings. The Morgan fingerprint density at radius 2 is 1.86 bits per heavy atom. The quantitative estimate of drug-likeness (QED) is 0.337. The lowest BCUT2D eigenvalue weighted by atomic mass is 10.0. The maximum atomic E-state index is 5.74. The van der Waals surface area contributed by atoms with Gasteiger partial charge in [-0.3, -0.25) is 4.90 Å². The maximum absolute atomic E-state index is 5.74. The zero-order valence-electron chi connectivity index (χ0n) is 18.7. The maximum Gasteiger partial charge on any atom is 0.191 e. The second-order valence-electron chi connectivity index (χ2n) is 7.86. The van der Waals surface area contributed by atoms with Crippen LogP contribution in [0.25, 0.3) is 0 Å². The predicted molar refractivity (Wildman–Crippen MR) is 120 cm³/mol. The molecule has 1 aromatic rings. The minimum atomic E-state index is 0.470. The van der Waals surface area contributed by atoms with Crippen LogP contribution in [0, 0.1) is 5.92 Å². The summed E-state index contributed by atoms with van der Waals surface area (Å²) in [4.78, 5) is 7.38. The molecule has 1 atom stereocenters. The highest BCUT2D eigenvalue weighted by Gasteiger charge is 2.23. The Bertz CT molecular complexity index is 600. The van der Waals surface area contributed by atoms with Gasteiger partial charge in [-0.25, -0.2) is 4.99 Å². The molecular formula is C23H40N4O2. The first kappa shape index (κ1) is 23.6. The van der Waals surface area contributed by atoms with Crippen LogP contribution < -0.4 is 10.6 Å². The lowest BCUT2D eigenvalue weighted by Gasteiger charge is -2.37. The number of ether oxygens (including phenoxy) is 2. The molecule has 1 fully saturated rings. The van der Waals surface area contributed by atoms with Crippen molar-refractivity contribution in [1.82, 2.24) is 15.5 Å². The summed E-state index contributed by atoms with van der Waals surface area (Å²) in [5, 5.41) is 6.95. The molecule has 164 valence electrons. The third-order valence-electron chi connectivity index (χ3n) is 5.24. The topological polar surface area (TPSA) is 58.1 Å². The van der Waals surface area contributed by atoms with Gasteiger partial charge in [-0.15, -0.1) is 0 Å². The van der Waals surface area contributed by atoms with Crippen LogP contribution in [0.5, 0.6) is 0 Å². The van der Waals surface area contributed by atoms with E-state index >= 15 is 0 Å². The van der Waals surface area contributed by atoms with E-state index in [9.17, 15) is 0 Å². The van der Waals surface area contributed by atoms with E-state index in [4.69, 9.17) is 14.5 Å². The number of aliphatic imine (C=N–C) groups is 1. The van der Waals surface area contributed by atoms with Gasteiger partial charge in [0.15, 0.2) is 5.96 Å². The predicted octanol–water partition coefficient (Wildman–Crippen LogP) is 3.03. The zero-order chi connectivity index (χ0) is 20.9. The Kier molecular flexibility index (Phi) is 11.1. The monoisotopic (exact) mass is 404 g/mol. The minimum Gasteiger partial charge on any atom is -0.379 e. The molecule has 1 aliphatic heterocycles. The van der Waals surface area contributed by atoms with Crippen LogP contribution in [0.3, 0.4) is 0 Å². The molecular weight excluding hydrogens is 364 g/mol. The Balaban J connectivity index is 1.98. The number of guanidine groups is 1. The summed E-state index contributed by atoms with van der Waals surface area (Å²) in [7, 11) is 0. The molecule has 0 aromatic heterocycles. The summed E-state index contributed by atoms with van der Waals surface area (Å²) in [6.45, 7) is 16.3. The number of benzene rings is 1. The van der Waals surface area contributed by atoms with Crippen molar-refractivity contribution in [2.45, 2.75) is 53.3 Å². The second kappa shape index (κ2) is 13.6.